The van der Waals surface area contributed by atoms with E-state index in [0.717, 1.165) is 50.3 Å². The third-order valence-electron chi connectivity index (χ3n) is 5.25. The number of hydrogen-bond acceptors (Lipinski definition) is 5. The van der Waals surface area contributed by atoms with Crippen molar-refractivity contribution in [3.8, 4) is 0 Å². The molecule has 0 radical (unpaired) electrons. The molecule has 3 rings (SSSR count). The van der Waals surface area contributed by atoms with Crippen LogP contribution in [0.25, 0.3) is 0 Å². The molecule has 0 aromatic heterocycles. The van der Waals surface area contributed by atoms with Crippen molar-refractivity contribution in [3.63, 3.8) is 0 Å². The first-order valence-electron chi connectivity index (χ1n) is 8.30. The van der Waals surface area contributed by atoms with Crippen LogP contribution in [-0.4, -0.2) is 60.9 Å². The largest absolute Gasteiger partial charge is 0.465 e. The van der Waals surface area contributed by atoms with E-state index in [9.17, 15) is 9.90 Å². The summed E-state index contributed by atoms with van der Waals surface area (Å²) < 4.78 is 4.85. The minimum absolute atomic E-state index is 0.278. The molecule has 0 aliphatic carbocycles. The topological polar surface area (TPSA) is 53.0 Å². The van der Waals surface area contributed by atoms with Gasteiger partial charge in [0.05, 0.1) is 18.3 Å². The molecule has 1 aromatic rings. The predicted molar refractivity (Wildman–Crippen MR) is 90.0 cm³/mol. The van der Waals surface area contributed by atoms with Crippen LogP contribution in [0.3, 0.4) is 0 Å². The molecule has 0 saturated carbocycles. The van der Waals surface area contributed by atoms with Gasteiger partial charge in [0.15, 0.2) is 0 Å². The molecule has 2 heterocycles. The van der Waals surface area contributed by atoms with Gasteiger partial charge in [0.1, 0.15) is 0 Å². The first-order chi connectivity index (χ1) is 10.9. The highest BCUT2D eigenvalue weighted by atomic mass is 16.5. The first-order valence-corrected chi connectivity index (χ1v) is 8.30. The summed E-state index contributed by atoms with van der Waals surface area (Å²) in [5.41, 5.74) is 2.17. The Labute approximate surface area is 137 Å². The quantitative estimate of drug-likeness (QED) is 0.862. The molecule has 1 aromatic carbocycles. The monoisotopic (exact) mass is 318 g/mol. The molecule has 2 fully saturated rings. The molecule has 2 aliphatic heterocycles. The highest BCUT2D eigenvalue weighted by Crippen LogP contribution is 2.29. The number of hydrogen-bond donors (Lipinski definition) is 1. The molecule has 5 heteroatoms. The van der Waals surface area contributed by atoms with E-state index in [4.69, 9.17) is 4.74 Å². The van der Waals surface area contributed by atoms with Crippen molar-refractivity contribution in [2.45, 2.75) is 38.3 Å². The van der Waals surface area contributed by atoms with Crippen LogP contribution in [0.4, 0.5) is 5.69 Å². The lowest BCUT2D eigenvalue weighted by atomic mass is 9.91. The molecule has 0 spiro atoms. The number of carbonyl (C=O) groups is 1. The molecule has 0 unspecified atom stereocenters. The fourth-order valence-corrected chi connectivity index (χ4v) is 3.40. The van der Waals surface area contributed by atoms with Crippen molar-refractivity contribution in [2.24, 2.45) is 0 Å². The Morgan fingerprint density at radius 3 is 2.57 bits per heavy atom. The van der Waals surface area contributed by atoms with Gasteiger partial charge in [-0.3, -0.25) is 4.90 Å². The lowest BCUT2D eigenvalue weighted by Gasteiger charge is -2.49. The second-order valence-corrected chi connectivity index (χ2v) is 7.08. The van der Waals surface area contributed by atoms with Gasteiger partial charge in [-0.05, 0) is 44.4 Å². The Kier molecular flexibility index (Phi) is 4.34. The summed E-state index contributed by atoms with van der Waals surface area (Å²) in [6.07, 6.45) is 1.70. The molecule has 5 nitrogen and oxygen atoms in total. The van der Waals surface area contributed by atoms with Crippen LogP contribution < -0.4 is 4.90 Å². The predicted octanol–water partition coefficient (Wildman–Crippen LogP) is 1.82. The lowest BCUT2D eigenvalue weighted by Crippen LogP contribution is -2.62. The number of nitrogens with zero attached hydrogens (tertiary/aromatic N) is 2. The second kappa shape index (κ2) is 6.13. The van der Waals surface area contributed by atoms with E-state index < -0.39 is 5.60 Å². The van der Waals surface area contributed by atoms with Crippen LogP contribution in [0.2, 0.25) is 0 Å². The van der Waals surface area contributed by atoms with Gasteiger partial charge < -0.3 is 14.7 Å². The molecule has 1 N–H and O–H groups in total. The number of ether oxygens (including phenoxy) is 1. The standard InChI is InChI=1S/C18H26N2O3/c1-13-4-5-14(10-16(13)17(21)23-3)20-11-15(12-20)19-8-6-18(2,22)7-9-19/h4-5,10,15,22H,6-9,11-12H2,1-3H3. The van der Waals surface area contributed by atoms with E-state index in [1.54, 1.807) is 0 Å². The Balaban J connectivity index is 1.60. The zero-order valence-electron chi connectivity index (χ0n) is 14.2. The molecule has 2 saturated heterocycles. The average molecular weight is 318 g/mol. The molecular weight excluding hydrogens is 292 g/mol. The van der Waals surface area contributed by atoms with Gasteiger partial charge in [-0.15, -0.1) is 0 Å². The van der Waals surface area contributed by atoms with Crippen molar-refractivity contribution in [1.29, 1.82) is 0 Å². The summed E-state index contributed by atoms with van der Waals surface area (Å²) in [5, 5.41) is 10.0. The Bertz CT molecular complexity index is 584. The number of carbonyl (C=O) groups excluding carboxylic acids is 1. The number of anilines is 1. The summed E-state index contributed by atoms with van der Waals surface area (Å²) in [4.78, 5) is 16.6. The Morgan fingerprint density at radius 1 is 1.30 bits per heavy atom. The highest BCUT2D eigenvalue weighted by molar-refractivity contribution is 5.92. The van der Waals surface area contributed by atoms with E-state index in [1.807, 2.05) is 26.0 Å². The molecule has 0 atom stereocenters. The zero-order valence-corrected chi connectivity index (χ0v) is 14.2. The van der Waals surface area contributed by atoms with Crippen LogP contribution >= 0.6 is 0 Å². The summed E-state index contributed by atoms with van der Waals surface area (Å²) in [5.74, 6) is -0.278. The van der Waals surface area contributed by atoms with Gasteiger partial charge in [-0.25, -0.2) is 4.79 Å². The third kappa shape index (κ3) is 3.35. The smallest absolute Gasteiger partial charge is 0.338 e. The van der Waals surface area contributed by atoms with Gasteiger partial charge in [-0.1, -0.05) is 6.07 Å². The SMILES string of the molecule is COC(=O)c1cc(N2CC(N3CCC(C)(O)CC3)C2)ccc1C. The molecule has 0 bridgehead atoms. The summed E-state index contributed by atoms with van der Waals surface area (Å²) in [6, 6.07) is 6.53. The number of piperidine rings is 1. The number of aliphatic hydroxyl groups is 1. The zero-order chi connectivity index (χ0) is 16.6. The van der Waals surface area contributed by atoms with Gasteiger partial charge >= 0.3 is 5.97 Å². The number of esters is 1. The van der Waals surface area contributed by atoms with Crippen LogP contribution in [0.1, 0.15) is 35.7 Å². The lowest BCUT2D eigenvalue weighted by molar-refractivity contribution is -0.0197. The van der Waals surface area contributed by atoms with Crippen LogP contribution in [0.15, 0.2) is 18.2 Å². The fraction of sp³-hybridized carbons (Fsp3) is 0.611. The van der Waals surface area contributed by atoms with Crippen molar-refractivity contribution in [2.75, 3.05) is 38.2 Å². The van der Waals surface area contributed by atoms with Crippen LogP contribution in [0, 0.1) is 6.92 Å². The minimum Gasteiger partial charge on any atom is -0.465 e. The maximum atomic E-state index is 11.8. The van der Waals surface area contributed by atoms with E-state index in [2.05, 4.69) is 15.9 Å². The number of rotatable bonds is 3. The normalized spacial score (nSPS) is 21.8. The van der Waals surface area contributed by atoms with E-state index in [0.29, 0.717) is 11.6 Å². The summed E-state index contributed by atoms with van der Waals surface area (Å²) in [7, 11) is 1.42. The van der Waals surface area contributed by atoms with E-state index in [1.165, 1.54) is 7.11 Å². The van der Waals surface area contributed by atoms with Crippen molar-refractivity contribution < 1.29 is 14.6 Å². The van der Waals surface area contributed by atoms with Crippen molar-refractivity contribution >= 4 is 11.7 Å². The van der Waals surface area contributed by atoms with Gasteiger partial charge in [0.2, 0.25) is 0 Å². The average Bonchev–Trinajstić information content (AvgIpc) is 2.48. The van der Waals surface area contributed by atoms with Crippen LogP contribution in [0.5, 0.6) is 0 Å². The highest BCUT2D eigenvalue weighted by Gasteiger charge is 2.36. The third-order valence-corrected chi connectivity index (χ3v) is 5.25. The van der Waals surface area contributed by atoms with Crippen molar-refractivity contribution in [1.82, 2.24) is 4.90 Å². The number of methoxy groups -OCH3 is 1. The number of likely N-dealkylation sites (tertiary alicyclic amines) is 1. The molecule has 126 valence electrons. The molecule has 2 aliphatic rings. The van der Waals surface area contributed by atoms with E-state index >= 15 is 0 Å². The number of benzene rings is 1. The van der Waals surface area contributed by atoms with Gasteiger partial charge in [0, 0.05) is 37.9 Å². The molecule has 0 amide bonds. The summed E-state index contributed by atoms with van der Waals surface area (Å²) >= 11 is 0. The maximum absolute atomic E-state index is 11.8. The van der Waals surface area contributed by atoms with E-state index in [-0.39, 0.29) is 5.97 Å². The van der Waals surface area contributed by atoms with Crippen LogP contribution in [-0.2, 0) is 4.74 Å². The first kappa shape index (κ1) is 16.3. The summed E-state index contributed by atoms with van der Waals surface area (Å²) in [6.45, 7) is 7.74. The molecule has 23 heavy (non-hydrogen) atoms. The second-order valence-electron chi connectivity index (χ2n) is 7.08. The maximum Gasteiger partial charge on any atom is 0.338 e. The fourth-order valence-electron chi connectivity index (χ4n) is 3.40. The molecular formula is C18H26N2O3. The van der Waals surface area contributed by atoms with Gasteiger partial charge in [0.25, 0.3) is 0 Å². The Morgan fingerprint density at radius 2 is 1.96 bits per heavy atom. The minimum atomic E-state index is -0.494. The van der Waals surface area contributed by atoms with Gasteiger partial charge in [-0.2, -0.15) is 0 Å². The van der Waals surface area contributed by atoms with Crippen molar-refractivity contribution in [3.05, 3.63) is 29.3 Å². The Hall–Kier alpha value is -1.59. The number of aryl methyl sites for hydroxylation is 1.